The summed E-state index contributed by atoms with van der Waals surface area (Å²) in [5.41, 5.74) is 10.7. The summed E-state index contributed by atoms with van der Waals surface area (Å²) in [6.07, 6.45) is 1.91. The Labute approximate surface area is 87.7 Å². The van der Waals surface area contributed by atoms with E-state index in [0.29, 0.717) is 25.5 Å². The average Bonchev–Trinajstić information content (AvgIpc) is 2.17. The zero-order chi connectivity index (χ0) is 11.3. The molecule has 4 N–H and O–H groups in total. The average molecular weight is 210 g/mol. The minimum Gasteiger partial charge on any atom is -0.383 e. The van der Waals surface area contributed by atoms with Crippen molar-refractivity contribution in [1.29, 1.82) is 0 Å². The number of nitrogen functional groups attached to an aromatic ring is 1. The molecule has 6 heteroatoms. The summed E-state index contributed by atoms with van der Waals surface area (Å²) in [5, 5.41) is 0. The number of amides is 1. The van der Waals surface area contributed by atoms with Crippen LogP contribution in [-0.2, 0) is 11.2 Å². The van der Waals surface area contributed by atoms with Crippen molar-refractivity contribution in [3.63, 3.8) is 0 Å². The Hall–Kier alpha value is -1.69. The molecule has 1 heterocycles. The predicted octanol–water partition coefficient (Wildman–Crippen LogP) is -0.263. The number of carbonyl (C=O) groups is 1. The number of primary amides is 1. The molecule has 1 amide bonds. The van der Waals surface area contributed by atoms with Gasteiger partial charge in [0, 0.05) is 19.2 Å². The summed E-state index contributed by atoms with van der Waals surface area (Å²) in [6.45, 7) is 3.09. The van der Waals surface area contributed by atoms with Gasteiger partial charge in [0.15, 0.2) is 0 Å². The highest BCUT2D eigenvalue weighted by Crippen LogP contribution is 2.06. The second kappa shape index (κ2) is 5.26. The van der Waals surface area contributed by atoms with Gasteiger partial charge in [-0.2, -0.15) is 0 Å². The Morgan fingerprint density at radius 2 is 2.33 bits per heavy atom. The van der Waals surface area contributed by atoms with E-state index in [1.165, 1.54) is 6.20 Å². The number of aromatic nitrogens is 2. The summed E-state index contributed by atoms with van der Waals surface area (Å²) in [5.74, 6) is 0.0406. The van der Waals surface area contributed by atoms with Gasteiger partial charge in [0.1, 0.15) is 11.6 Å². The lowest BCUT2D eigenvalue weighted by atomic mass is 10.3. The van der Waals surface area contributed by atoms with E-state index >= 15 is 0 Å². The lowest BCUT2D eigenvalue weighted by Crippen LogP contribution is -2.16. The molecule has 0 aromatic carbocycles. The van der Waals surface area contributed by atoms with Gasteiger partial charge >= 0.3 is 0 Å². The van der Waals surface area contributed by atoms with Gasteiger partial charge in [-0.15, -0.1) is 0 Å². The molecule has 0 fully saturated rings. The number of nitrogens with two attached hydrogens (primary N) is 2. The lowest BCUT2D eigenvalue weighted by molar-refractivity contribution is 0.100. The molecule has 0 saturated carbocycles. The highest BCUT2D eigenvalue weighted by Gasteiger charge is 2.08. The summed E-state index contributed by atoms with van der Waals surface area (Å²) in [6, 6.07) is 0. The molecule has 15 heavy (non-hydrogen) atoms. The third-order valence-electron chi connectivity index (χ3n) is 1.81. The van der Waals surface area contributed by atoms with Gasteiger partial charge in [0.25, 0.3) is 5.91 Å². The molecular weight excluding hydrogens is 196 g/mol. The van der Waals surface area contributed by atoms with Crippen LogP contribution in [0.15, 0.2) is 6.20 Å². The number of rotatable bonds is 5. The molecule has 1 aromatic heterocycles. The van der Waals surface area contributed by atoms with Gasteiger partial charge in [-0.1, -0.05) is 0 Å². The topological polar surface area (TPSA) is 104 Å². The van der Waals surface area contributed by atoms with Crippen LogP contribution in [0.1, 0.15) is 23.1 Å². The fourth-order valence-corrected chi connectivity index (χ4v) is 1.05. The maximum Gasteiger partial charge on any atom is 0.254 e. The Morgan fingerprint density at radius 3 is 2.87 bits per heavy atom. The smallest absolute Gasteiger partial charge is 0.254 e. The van der Waals surface area contributed by atoms with E-state index < -0.39 is 5.91 Å². The predicted molar refractivity (Wildman–Crippen MR) is 55.2 cm³/mol. The number of hydrogen-bond donors (Lipinski definition) is 2. The van der Waals surface area contributed by atoms with Crippen molar-refractivity contribution in [2.75, 3.05) is 18.9 Å². The maximum absolute atomic E-state index is 10.8. The Morgan fingerprint density at radius 1 is 1.60 bits per heavy atom. The minimum atomic E-state index is -0.621. The van der Waals surface area contributed by atoms with E-state index in [0.717, 1.165) is 0 Å². The van der Waals surface area contributed by atoms with Gasteiger partial charge in [-0.3, -0.25) is 4.79 Å². The molecule has 6 nitrogen and oxygen atoms in total. The van der Waals surface area contributed by atoms with Crippen LogP contribution in [0.5, 0.6) is 0 Å². The van der Waals surface area contributed by atoms with E-state index in [1.54, 1.807) is 0 Å². The second-order valence-electron chi connectivity index (χ2n) is 2.90. The van der Waals surface area contributed by atoms with Crippen LogP contribution in [0, 0.1) is 0 Å². The van der Waals surface area contributed by atoms with Crippen molar-refractivity contribution in [2.45, 2.75) is 13.3 Å². The zero-order valence-corrected chi connectivity index (χ0v) is 8.56. The molecule has 82 valence electrons. The number of nitrogens with zero attached hydrogens (tertiary/aromatic N) is 2. The second-order valence-corrected chi connectivity index (χ2v) is 2.90. The summed E-state index contributed by atoms with van der Waals surface area (Å²) < 4.78 is 5.14. The summed E-state index contributed by atoms with van der Waals surface area (Å²) in [4.78, 5) is 18.7. The Kier molecular flexibility index (Phi) is 3.99. The number of carbonyl (C=O) groups excluding carboxylic acids is 1. The Balaban J connectivity index is 2.69. The summed E-state index contributed by atoms with van der Waals surface area (Å²) >= 11 is 0. The normalized spacial score (nSPS) is 10.2. The van der Waals surface area contributed by atoms with Crippen molar-refractivity contribution < 1.29 is 9.53 Å². The monoisotopic (exact) mass is 210 g/mol. The van der Waals surface area contributed by atoms with E-state index in [4.69, 9.17) is 16.2 Å². The SMILES string of the molecule is CCOCCc1ncc(C(N)=O)c(N)n1. The molecule has 0 saturated heterocycles. The molecule has 1 aromatic rings. The van der Waals surface area contributed by atoms with Crippen molar-refractivity contribution >= 4 is 11.7 Å². The van der Waals surface area contributed by atoms with E-state index in [-0.39, 0.29) is 11.4 Å². The molecule has 0 aliphatic carbocycles. The largest absolute Gasteiger partial charge is 0.383 e. The lowest BCUT2D eigenvalue weighted by Gasteiger charge is -2.03. The first kappa shape index (κ1) is 11.4. The van der Waals surface area contributed by atoms with Gasteiger partial charge < -0.3 is 16.2 Å². The molecule has 0 aliphatic rings. The van der Waals surface area contributed by atoms with Crippen LogP contribution in [0.3, 0.4) is 0 Å². The van der Waals surface area contributed by atoms with E-state index in [2.05, 4.69) is 9.97 Å². The fourth-order valence-electron chi connectivity index (χ4n) is 1.05. The molecule has 0 atom stereocenters. The number of ether oxygens (including phenoxy) is 1. The van der Waals surface area contributed by atoms with Crippen LogP contribution in [-0.4, -0.2) is 29.1 Å². The third-order valence-corrected chi connectivity index (χ3v) is 1.81. The van der Waals surface area contributed by atoms with Crippen molar-refractivity contribution in [1.82, 2.24) is 9.97 Å². The number of hydrogen-bond acceptors (Lipinski definition) is 5. The van der Waals surface area contributed by atoms with E-state index in [9.17, 15) is 4.79 Å². The van der Waals surface area contributed by atoms with Gasteiger partial charge in [-0.25, -0.2) is 9.97 Å². The standard InChI is InChI=1S/C9H14N4O2/c1-2-15-4-3-7-12-5-6(9(11)14)8(10)13-7/h5H,2-4H2,1H3,(H2,11,14)(H2,10,12,13). The molecule has 0 unspecified atom stereocenters. The highest BCUT2D eigenvalue weighted by molar-refractivity contribution is 5.96. The molecule has 0 bridgehead atoms. The maximum atomic E-state index is 10.8. The molecule has 1 rings (SSSR count). The first-order chi connectivity index (χ1) is 7.15. The summed E-state index contributed by atoms with van der Waals surface area (Å²) in [7, 11) is 0. The minimum absolute atomic E-state index is 0.115. The van der Waals surface area contributed by atoms with Crippen LogP contribution in [0.2, 0.25) is 0 Å². The highest BCUT2D eigenvalue weighted by atomic mass is 16.5. The molecule has 0 radical (unpaired) electrons. The quantitative estimate of drug-likeness (QED) is 0.651. The third kappa shape index (κ3) is 3.17. The van der Waals surface area contributed by atoms with Crippen LogP contribution < -0.4 is 11.5 Å². The number of anilines is 1. The molecule has 0 spiro atoms. The fraction of sp³-hybridized carbons (Fsp3) is 0.444. The van der Waals surface area contributed by atoms with Gasteiger partial charge in [0.2, 0.25) is 0 Å². The van der Waals surface area contributed by atoms with Crippen molar-refractivity contribution in [2.24, 2.45) is 5.73 Å². The van der Waals surface area contributed by atoms with E-state index in [1.807, 2.05) is 6.92 Å². The van der Waals surface area contributed by atoms with Crippen molar-refractivity contribution in [3.05, 3.63) is 17.6 Å². The van der Waals surface area contributed by atoms with Gasteiger partial charge in [-0.05, 0) is 6.92 Å². The Bertz CT molecular complexity index is 354. The van der Waals surface area contributed by atoms with Crippen LogP contribution >= 0.6 is 0 Å². The van der Waals surface area contributed by atoms with Crippen LogP contribution in [0.25, 0.3) is 0 Å². The first-order valence-corrected chi connectivity index (χ1v) is 4.64. The molecular formula is C9H14N4O2. The molecule has 0 aliphatic heterocycles. The van der Waals surface area contributed by atoms with Gasteiger partial charge in [0.05, 0.1) is 12.2 Å². The zero-order valence-electron chi connectivity index (χ0n) is 8.56. The first-order valence-electron chi connectivity index (χ1n) is 4.64. The van der Waals surface area contributed by atoms with Crippen LogP contribution in [0.4, 0.5) is 5.82 Å². The van der Waals surface area contributed by atoms with Crippen molar-refractivity contribution in [3.8, 4) is 0 Å².